The average Bonchev–Trinajstić information content (AvgIpc) is 3.18. The second-order valence-corrected chi connectivity index (χ2v) is 5.85. The highest BCUT2D eigenvalue weighted by atomic mass is 35.5. The molecule has 0 fully saturated rings. The van der Waals surface area contributed by atoms with Crippen LogP contribution in [0.1, 0.15) is 11.4 Å². The Kier molecular flexibility index (Phi) is 6.40. The summed E-state index contributed by atoms with van der Waals surface area (Å²) in [5.41, 5.74) is 0.572. The maximum absolute atomic E-state index is 6.21. The lowest BCUT2D eigenvalue weighted by molar-refractivity contribution is 0.408. The fourth-order valence-corrected chi connectivity index (χ4v) is 2.35. The summed E-state index contributed by atoms with van der Waals surface area (Å²) in [4.78, 5) is 0. The van der Waals surface area contributed by atoms with Gasteiger partial charge in [0.2, 0.25) is 10.2 Å². The number of hydrogen-bond donors (Lipinski definition) is 1. The van der Waals surface area contributed by atoms with Crippen molar-refractivity contribution in [1.82, 2.24) is 20.6 Å². The third-order valence-electron chi connectivity index (χ3n) is 3.05. The summed E-state index contributed by atoms with van der Waals surface area (Å²) in [6.45, 7) is 0. The number of aromatic amines is 1. The molecule has 0 amide bonds. The van der Waals surface area contributed by atoms with E-state index in [0.717, 1.165) is 5.75 Å². The molecule has 2 aromatic carbocycles. The van der Waals surface area contributed by atoms with E-state index in [-0.39, 0.29) is 5.82 Å². The SMILES string of the molecule is COc1ccccc1.COc1ccccc1C(Cl)(Cl)c1nn[nH]n1. The molecule has 0 bridgehead atoms. The first-order valence-electron chi connectivity index (χ1n) is 6.94. The van der Waals surface area contributed by atoms with E-state index in [4.69, 9.17) is 32.7 Å². The van der Waals surface area contributed by atoms with Crippen LogP contribution in [0, 0.1) is 0 Å². The van der Waals surface area contributed by atoms with Crippen LogP contribution in [0.3, 0.4) is 0 Å². The van der Waals surface area contributed by atoms with Crippen LogP contribution in [-0.4, -0.2) is 34.8 Å². The number of alkyl halides is 2. The van der Waals surface area contributed by atoms with Gasteiger partial charge in [-0.25, -0.2) is 0 Å². The Labute approximate surface area is 149 Å². The Morgan fingerprint density at radius 3 is 2.12 bits per heavy atom. The molecule has 3 aromatic rings. The summed E-state index contributed by atoms with van der Waals surface area (Å²) in [6.07, 6.45) is 0. The highest BCUT2D eigenvalue weighted by Crippen LogP contribution is 2.42. The van der Waals surface area contributed by atoms with Crippen molar-refractivity contribution in [3.05, 3.63) is 66.0 Å². The van der Waals surface area contributed by atoms with Gasteiger partial charge in [0.1, 0.15) is 11.5 Å². The molecule has 0 saturated heterocycles. The number of para-hydroxylation sites is 2. The van der Waals surface area contributed by atoms with Crippen molar-refractivity contribution in [1.29, 1.82) is 0 Å². The number of H-pyrrole nitrogens is 1. The lowest BCUT2D eigenvalue weighted by Crippen LogP contribution is -2.15. The number of hydrogen-bond acceptors (Lipinski definition) is 5. The number of nitrogens with zero attached hydrogens (tertiary/aromatic N) is 3. The Balaban J connectivity index is 0.000000219. The van der Waals surface area contributed by atoms with E-state index < -0.39 is 4.33 Å². The van der Waals surface area contributed by atoms with Gasteiger partial charge in [-0.05, 0) is 18.2 Å². The van der Waals surface area contributed by atoms with Crippen LogP contribution in [0.4, 0.5) is 0 Å². The van der Waals surface area contributed by atoms with Crippen molar-refractivity contribution in [2.75, 3.05) is 14.2 Å². The summed E-state index contributed by atoms with van der Waals surface area (Å²) < 4.78 is 8.70. The number of ether oxygens (including phenoxy) is 2. The molecule has 0 radical (unpaired) electrons. The van der Waals surface area contributed by atoms with Gasteiger partial charge < -0.3 is 9.47 Å². The van der Waals surface area contributed by atoms with Crippen LogP contribution in [0.25, 0.3) is 0 Å². The lowest BCUT2D eigenvalue weighted by atomic mass is 10.1. The molecule has 3 rings (SSSR count). The average molecular weight is 367 g/mol. The Bertz CT molecular complexity index is 737. The maximum atomic E-state index is 6.21. The predicted molar refractivity (Wildman–Crippen MR) is 92.7 cm³/mol. The molecule has 24 heavy (non-hydrogen) atoms. The van der Waals surface area contributed by atoms with Crippen LogP contribution in [0.5, 0.6) is 11.5 Å². The third kappa shape index (κ3) is 4.37. The summed E-state index contributed by atoms with van der Waals surface area (Å²) >= 11 is 12.4. The first-order chi connectivity index (χ1) is 11.6. The van der Waals surface area contributed by atoms with Gasteiger partial charge in [0.05, 0.1) is 14.2 Å². The van der Waals surface area contributed by atoms with Crippen molar-refractivity contribution < 1.29 is 9.47 Å². The molecule has 6 nitrogen and oxygen atoms in total. The number of halogens is 2. The topological polar surface area (TPSA) is 72.9 Å². The van der Waals surface area contributed by atoms with Gasteiger partial charge in [-0.2, -0.15) is 5.21 Å². The highest BCUT2D eigenvalue weighted by Gasteiger charge is 2.36. The minimum absolute atomic E-state index is 0.181. The predicted octanol–water partition coefficient (Wildman–Crippen LogP) is 3.58. The molecular formula is C16H16Cl2N4O2. The van der Waals surface area contributed by atoms with Crippen molar-refractivity contribution >= 4 is 23.2 Å². The zero-order chi connectivity index (χ0) is 17.4. The van der Waals surface area contributed by atoms with Crippen molar-refractivity contribution in [3.63, 3.8) is 0 Å². The standard InChI is InChI=1S/C9H8Cl2N4O.C7H8O/c1-16-7-5-3-2-4-6(7)9(10,11)8-12-14-15-13-8;1-8-7-5-3-2-4-6-7/h2-5H,1H3,(H,12,13,14,15);2-6H,1H3. The number of benzene rings is 2. The lowest BCUT2D eigenvalue weighted by Gasteiger charge is -2.18. The first-order valence-corrected chi connectivity index (χ1v) is 7.69. The summed E-state index contributed by atoms with van der Waals surface area (Å²) in [5, 5.41) is 13.3. The van der Waals surface area contributed by atoms with Crippen LogP contribution in [0.2, 0.25) is 0 Å². The van der Waals surface area contributed by atoms with Crippen LogP contribution >= 0.6 is 23.2 Å². The van der Waals surface area contributed by atoms with E-state index in [9.17, 15) is 0 Å². The van der Waals surface area contributed by atoms with Crippen molar-refractivity contribution in [3.8, 4) is 11.5 Å². The fraction of sp³-hybridized carbons (Fsp3) is 0.188. The van der Waals surface area contributed by atoms with Gasteiger partial charge in [-0.3, -0.25) is 0 Å². The quantitative estimate of drug-likeness (QED) is 0.714. The molecule has 0 aliphatic rings. The van der Waals surface area contributed by atoms with E-state index in [2.05, 4.69) is 20.6 Å². The Hall–Kier alpha value is -2.31. The Morgan fingerprint density at radius 2 is 1.58 bits per heavy atom. The molecule has 1 aromatic heterocycles. The zero-order valence-corrected chi connectivity index (χ0v) is 14.6. The van der Waals surface area contributed by atoms with Crippen LogP contribution < -0.4 is 9.47 Å². The maximum Gasteiger partial charge on any atom is 0.215 e. The molecule has 126 valence electrons. The van der Waals surface area contributed by atoms with E-state index in [0.29, 0.717) is 11.3 Å². The van der Waals surface area contributed by atoms with Crippen molar-refractivity contribution in [2.45, 2.75) is 4.33 Å². The third-order valence-corrected chi connectivity index (χ3v) is 3.80. The highest BCUT2D eigenvalue weighted by molar-refractivity contribution is 6.49. The molecule has 1 heterocycles. The van der Waals surface area contributed by atoms with Crippen LogP contribution in [-0.2, 0) is 4.33 Å². The number of methoxy groups -OCH3 is 2. The monoisotopic (exact) mass is 366 g/mol. The Morgan fingerprint density at radius 1 is 0.917 bits per heavy atom. The molecule has 0 atom stereocenters. The minimum Gasteiger partial charge on any atom is -0.497 e. The molecule has 8 heteroatoms. The van der Waals surface area contributed by atoms with Gasteiger partial charge in [-0.1, -0.05) is 64.8 Å². The smallest absolute Gasteiger partial charge is 0.215 e. The largest absolute Gasteiger partial charge is 0.497 e. The van der Waals surface area contributed by atoms with Gasteiger partial charge in [0, 0.05) is 5.56 Å². The number of aromatic nitrogens is 4. The normalized spacial score (nSPS) is 10.5. The molecule has 0 aliphatic carbocycles. The molecule has 0 spiro atoms. The summed E-state index contributed by atoms with van der Waals surface area (Å²) in [5.74, 6) is 1.66. The molecular weight excluding hydrogens is 351 g/mol. The number of rotatable bonds is 4. The summed E-state index contributed by atoms with van der Waals surface area (Å²) in [6, 6.07) is 16.8. The molecule has 0 aliphatic heterocycles. The van der Waals surface area contributed by atoms with E-state index in [1.165, 1.54) is 0 Å². The first kappa shape index (κ1) is 18.0. The summed E-state index contributed by atoms with van der Waals surface area (Å²) in [7, 11) is 3.20. The van der Waals surface area contributed by atoms with Gasteiger partial charge >= 0.3 is 0 Å². The fourth-order valence-electron chi connectivity index (χ4n) is 1.88. The molecule has 0 saturated carbocycles. The van der Waals surface area contributed by atoms with Gasteiger partial charge in [0.25, 0.3) is 0 Å². The van der Waals surface area contributed by atoms with E-state index in [1.54, 1.807) is 32.4 Å². The number of tetrazole rings is 1. The van der Waals surface area contributed by atoms with Crippen LogP contribution in [0.15, 0.2) is 54.6 Å². The van der Waals surface area contributed by atoms with E-state index >= 15 is 0 Å². The number of nitrogens with one attached hydrogen (secondary N) is 1. The van der Waals surface area contributed by atoms with Gasteiger partial charge in [-0.15, -0.1) is 10.2 Å². The van der Waals surface area contributed by atoms with Crippen molar-refractivity contribution in [2.24, 2.45) is 0 Å². The second-order valence-electron chi connectivity index (χ2n) is 4.53. The molecule has 0 unspecified atom stereocenters. The minimum atomic E-state index is -1.39. The molecule has 1 N–H and O–H groups in total. The zero-order valence-electron chi connectivity index (χ0n) is 13.1. The van der Waals surface area contributed by atoms with Gasteiger partial charge in [0.15, 0.2) is 0 Å². The second kappa shape index (κ2) is 8.52. The van der Waals surface area contributed by atoms with E-state index in [1.807, 2.05) is 36.4 Å².